The van der Waals surface area contributed by atoms with Gasteiger partial charge in [-0.15, -0.1) is 0 Å². The van der Waals surface area contributed by atoms with Crippen LogP contribution >= 0.6 is 0 Å². The fraction of sp³-hybridized carbons (Fsp3) is 0.682. The lowest BCUT2D eigenvalue weighted by Gasteiger charge is -2.30. The molecular weight excluding hydrogens is 386 g/mol. The van der Waals surface area contributed by atoms with Gasteiger partial charge in [-0.3, -0.25) is 4.79 Å². The van der Waals surface area contributed by atoms with E-state index >= 15 is 0 Å². The Morgan fingerprint density at radius 1 is 1.17 bits per heavy atom. The lowest BCUT2D eigenvalue weighted by Crippen LogP contribution is -2.38. The Balaban J connectivity index is 1.60. The molecule has 1 aromatic rings. The smallest absolute Gasteiger partial charge is 0.251 e. The Morgan fingerprint density at radius 2 is 1.86 bits per heavy atom. The van der Waals surface area contributed by atoms with Crippen molar-refractivity contribution in [1.29, 1.82) is 0 Å². The molecule has 29 heavy (non-hydrogen) atoms. The van der Waals surface area contributed by atoms with Crippen LogP contribution in [-0.2, 0) is 10.0 Å². The molecule has 1 aliphatic carbocycles. The summed E-state index contributed by atoms with van der Waals surface area (Å²) in [7, 11) is -1.93. The lowest BCUT2D eigenvalue weighted by atomic mass is 9.96. The number of rotatable bonds is 8. The molecule has 0 radical (unpaired) electrons. The Bertz CT molecular complexity index is 784. The summed E-state index contributed by atoms with van der Waals surface area (Å²) < 4.78 is 27.6. The summed E-state index contributed by atoms with van der Waals surface area (Å²) in [6.45, 7) is 6.01. The van der Waals surface area contributed by atoms with E-state index in [0.717, 1.165) is 45.3 Å². The number of sulfonamides is 1. The monoisotopic (exact) mass is 421 g/mol. The molecule has 2 fully saturated rings. The number of carbonyl (C=O) groups is 1. The molecule has 6 nitrogen and oxygen atoms in total. The number of benzene rings is 1. The number of nitrogens with one attached hydrogen (secondary N) is 1. The number of carbonyl (C=O) groups excluding carboxylic acids is 1. The molecule has 1 amide bonds. The van der Waals surface area contributed by atoms with Crippen LogP contribution in [0.15, 0.2) is 29.2 Å². The molecule has 0 spiro atoms. The van der Waals surface area contributed by atoms with Gasteiger partial charge in [0.1, 0.15) is 0 Å². The molecule has 1 aromatic carbocycles. The van der Waals surface area contributed by atoms with Gasteiger partial charge in [0.25, 0.3) is 5.91 Å². The Kier molecular flexibility index (Phi) is 7.71. The van der Waals surface area contributed by atoms with Crippen LogP contribution in [0.4, 0.5) is 0 Å². The number of likely N-dealkylation sites (tertiary alicyclic amines) is 1. The minimum absolute atomic E-state index is 0.0534. The first-order valence-corrected chi connectivity index (χ1v) is 12.4. The van der Waals surface area contributed by atoms with Crippen LogP contribution in [0.2, 0.25) is 0 Å². The maximum atomic E-state index is 13.1. The molecule has 1 heterocycles. The van der Waals surface area contributed by atoms with E-state index in [9.17, 15) is 13.2 Å². The van der Waals surface area contributed by atoms with Gasteiger partial charge in [-0.25, -0.2) is 8.42 Å². The van der Waals surface area contributed by atoms with Gasteiger partial charge in [0.05, 0.1) is 4.90 Å². The fourth-order valence-electron chi connectivity index (χ4n) is 4.44. The highest BCUT2D eigenvalue weighted by atomic mass is 32.2. The highest BCUT2D eigenvalue weighted by molar-refractivity contribution is 7.89. The van der Waals surface area contributed by atoms with Gasteiger partial charge < -0.3 is 10.2 Å². The van der Waals surface area contributed by atoms with Crippen molar-refractivity contribution in [3.05, 3.63) is 29.8 Å². The summed E-state index contributed by atoms with van der Waals surface area (Å²) in [5, 5.41) is 2.97. The van der Waals surface area contributed by atoms with Gasteiger partial charge in [0.2, 0.25) is 10.0 Å². The van der Waals surface area contributed by atoms with E-state index in [1.54, 1.807) is 25.2 Å². The molecule has 7 heteroatoms. The maximum absolute atomic E-state index is 13.1. The highest BCUT2D eigenvalue weighted by Crippen LogP contribution is 2.26. The van der Waals surface area contributed by atoms with Crippen LogP contribution in [0, 0.1) is 5.92 Å². The van der Waals surface area contributed by atoms with E-state index in [0.29, 0.717) is 18.0 Å². The van der Waals surface area contributed by atoms with Gasteiger partial charge in [-0.1, -0.05) is 32.3 Å². The van der Waals surface area contributed by atoms with Crippen LogP contribution in [0.3, 0.4) is 0 Å². The summed E-state index contributed by atoms with van der Waals surface area (Å²) in [6, 6.07) is 6.48. The average Bonchev–Trinajstić information content (AvgIpc) is 3.25. The van der Waals surface area contributed by atoms with E-state index in [4.69, 9.17) is 0 Å². The highest BCUT2D eigenvalue weighted by Gasteiger charge is 2.29. The molecule has 1 N–H and O–H groups in total. The SMILES string of the molecule is CC(CNC(=O)c1cccc(S(=O)(=O)N(C)C2CCCCC2)c1)CN1CCCC1. The van der Waals surface area contributed by atoms with Crippen molar-refractivity contribution in [2.45, 2.75) is 62.8 Å². The standard InChI is InChI=1S/C22H35N3O3S/c1-18(17-25-13-6-7-14-25)16-23-22(26)19-9-8-12-21(15-19)29(27,28)24(2)20-10-4-3-5-11-20/h8-9,12,15,18,20H,3-7,10-11,13-14,16-17H2,1-2H3,(H,23,26). The van der Waals surface area contributed by atoms with Gasteiger partial charge in [0, 0.05) is 31.7 Å². The van der Waals surface area contributed by atoms with Crippen molar-refractivity contribution in [2.75, 3.05) is 33.2 Å². The summed E-state index contributed by atoms with van der Waals surface area (Å²) >= 11 is 0. The molecule has 1 aliphatic heterocycles. The summed E-state index contributed by atoms with van der Waals surface area (Å²) in [5.41, 5.74) is 0.400. The van der Waals surface area contributed by atoms with Crippen LogP contribution < -0.4 is 5.32 Å². The molecule has 2 aliphatic rings. The largest absolute Gasteiger partial charge is 0.352 e. The second-order valence-corrected chi connectivity index (χ2v) is 10.7. The summed E-state index contributed by atoms with van der Waals surface area (Å²) in [4.78, 5) is 15.2. The number of hydrogen-bond donors (Lipinski definition) is 1. The van der Waals surface area contributed by atoms with E-state index in [1.807, 2.05) is 0 Å². The first-order chi connectivity index (χ1) is 13.9. The first kappa shape index (κ1) is 22.2. The van der Waals surface area contributed by atoms with Crippen LogP contribution in [0.25, 0.3) is 0 Å². The van der Waals surface area contributed by atoms with Gasteiger partial charge in [-0.2, -0.15) is 4.31 Å². The van der Waals surface area contributed by atoms with Crippen molar-refractivity contribution in [1.82, 2.24) is 14.5 Å². The van der Waals surface area contributed by atoms with E-state index < -0.39 is 10.0 Å². The van der Waals surface area contributed by atoms with Gasteiger partial charge in [0.15, 0.2) is 0 Å². The van der Waals surface area contributed by atoms with Gasteiger partial charge in [-0.05, 0) is 62.9 Å². The fourth-order valence-corrected chi connectivity index (χ4v) is 5.91. The number of hydrogen-bond acceptors (Lipinski definition) is 4. The maximum Gasteiger partial charge on any atom is 0.251 e. The molecule has 1 atom stereocenters. The van der Waals surface area contributed by atoms with Crippen molar-refractivity contribution in [3.8, 4) is 0 Å². The third-order valence-electron chi connectivity index (χ3n) is 6.24. The zero-order chi connectivity index (χ0) is 20.9. The Morgan fingerprint density at radius 3 is 2.55 bits per heavy atom. The summed E-state index contributed by atoms with van der Waals surface area (Å²) in [5.74, 6) is 0.150. The van der Waals surface area contributed by atoms with Crippen LogP contribution in [0.1, 0.15) is 62.2 Å². The summed E-state index contributed by atoms with van der Waals surface area (Å²) in [6.07, 6.45) is 7.66. The lowest BCUT2D eigenvalue weighted by molar-refractivity contribution is 0.0945. The molecule has 0 bridgehead atoms. The number of amides is 1. The average molecular weight is 422 g/mol. The van der Waals surface area contributed by atoms with E-state index in [1.165, 1.54) is 29.6 Å². The number of nitrogens with zero attached hydrogens (tertiary/aromatic N) is 2. The van der Waals surface area contributed by atoms with E-state index in [2.05, 4.69) is 17.1 Å². The second-order valence-electron chi connectivity index (χ2n) is 8.66. The molecule has 3 rings (SSSR count). The normalized spacial score (nSPS) is 20.1. The molecule has 0 aromatic heterocycles. The zero-order valence-electron chi connectivity index (χ0n) is 17.8. The minimum Gasteiger partial charge on any atom is -0.352 e. The molecular formula is C22H35N3O3S. The van der Waals surface area contributed by atoms with Crippen molar-refractivity contribution in [2.24, 2.45) is 5.92 Å². The first-order valence-electron chi connectivity index (χ1n) is 11.0. The van der Waals surface area contributed by atoms with Crippen LogP contribution in [-0.4, -0.2) is 62.8 Å². The molecule has 1 unspecified atom stereocenters. The molecule has 162 valence electrons. The third-order valence-corrected chi connectivity index (χ3v) is 8.15. The van der Waals surface area contributed by atoms with Crippen LogP contribution in [0.5, 0.6) is 0 Å². The topological polar surface area (TPSA) is 69.7 Å². The Hall–Kier alpha value is -1.44. The Labute approximate surface area is 175 Å². The van der Waals surface area contributed by atoms with Gasteiger partial charge >= 0.3 is 0 Å². The van der Waals surface area contributed by atoms with Crippen molar-refractivity contribution < 1.29 is 13.2 Å². The molecule has 1 saturated carbocycles. The predicted molar refractivity (Wildman–Crippen MR) is 115 cm³/mol. The third kappa shape index (κ3) is 5.80. The van der Waals surface area contributed by atoms with Crippen molar-refractivity contribution in [3.63, 3.8) is 0 Å². The van der Waals surface area contributed by atoms with Crippen molar-refractivity contribution >= 4 is 15.9 Å². The van der Waals surface area contributed by atoms with E-state index in [-0.39, 0.29) is 16.8 Å². The zero-order valence-corrected chi connectivity index (χ0v) is 18.6. The molecule has 1 saturated heterocycles. The quantitative estimate of drug-likeness (QED) is 0.700. The predicted octanol–water partition coefficient (Wildman–Crippen LogP) is 3.10. The minimum atomic E-state index is -3.59. The second kappa shape index (κ2) is 10.0.